The van der Waals surface area contributed by atoms with Crippen molar-refractivity contribution < 1.29 is 14.7 Å². The first kappa shape index (κ1) is 13.9. The fraction of sp³-hybridized carbons (Fsp3) is 0.875. The van der Waals surface area contributed by atoms with Gasteiger partial charge < -0.3 is 10.0 Å². The smallest absolute Gasteiger partial charge is 0.327 e. The van der Waals surface area contributed by atoms with Crippen molar-refractivity contribution in [2.45, 2.75) is 38.1 Å². The van der Waals surface area contributed by atoms with E-state index in [0.717, 1.165) is 17.6 Å². The van der Waals surface area contributed by atoms with Crippen molar-refractivity contribution in [3.05, 3.63) is 0 Å². The van der Waals surface area contributed by atoms with Crippen LogP contribution in [0.25, 0.3) is 0 Å². The third kappa shape index (κ3) is 2.28. The van der Waals surface area contributed by atoms with Gasteiger partial charge in [-0.3, -0.25) is 4.79 Å². The molecule has 0 aromatic heterocycles. The van der Waals surface area contributed by atoms with Gasteiger partial charge in [-0.2, -0.15) is 11.8 Å². The van der Waals surface area contributed by atoms with Crippen molar-refractivity contribution in [1.29, 1.82) is 0 Å². The monoisotopic (exact) mass is 309 g/mol. The number of hydrogen-bond donors (Lipinski definition) is 1. The second-order valence-corrected chi connectivity index (χ2v) is 8.57. The van der Waals surface area contributed by atoms with E-state index in [2.05, 4.69) is 0 Å². The highest BCUT2D eigenvalue weighted by atomic mass is 32.2. The van der Waals surface area contributed by atoms with Crippen LogP contribution in [0.5, 0.6) is 0 Å². The average molecular weight is 309 g/mol. The van der Waals surface area contributed by atoms with Crippen LogP contribution >= 0.6 is 11.8 Å². The summed E-state index contributed by atoms with van der Waals surface area (Å²) in [7, 11) is 0. The van der Waals surface area contributed by atoms with Gasteiger partial charge in [0, 0.05) is 24.0 Å². The van der Waals surface area contributed by atoms with Crippen LogP contribution in [0.2, 0.25) is 0 Å². The zero-order valence-electron chi connectivity index (χ0n) is 12.2. The molecule has 4 nitrogen and oxygen atoms in total. The summed E-state index contributed by atoms with van der Waals surface area (Å²) in [5, 5.41) is 9.40. The van der Waals surface area contributed by atoms with Gasteiger partial charge in [0.05, 0.1) is 0 Å². The molecular weight excluding hydrogens is 286 g/mol. The van der Waals surface area contributed by atoms with Gasteiger partial charge in [-0.05, 0) is 55.8 Å². The van der Waals surface area contributed by atoms with Crippen LogP contribution in [0.15, 0.2) is 0 Å². The summed E-state index contributed by atoms with van der Waals surface area (Å²) < 4.78 is 0. The molecule has 1 saturated heterocycles. The molecule has 4 bridgehead atoms. The first-order valence-electron chi connectivity index (χ1n) is 8.24. The van der Waals surface area contributed by atoms with Gasteiger partial charge >= 0.3 is 5.97 Å². The van der Waals surface area contributed by atoms with E-state index in [4.69, 9.17) is 0 Å². The SMILES string of the molecule is O=C(O)C1CSCCN1C(=O)C1C2CC3CC(C2)CC1C3. The van der Waals surface area contributed by atoms with Gasteiger partial charge in [-0.1, -0.05) is 0 Å². The van der Waals surface area contributed by atoms with Crippen LogP contribution in [-0.2, 0) is 9.59 Å². The van der Waals surface area contributed by atoms with Gasteiger partial charge in [0.2, 0.25) is 5.91 Å². The molecule has 1 amide bonds. The molecule has 1 heterocycles. The maximum absolute atomic E-state index is 13.1. The number of carboxylic acids is 1. The molecule has 5 rings (SSSR count). The Labute approximate surface area is 129 Å². The Hall–Kier alpha value is -0.710. The molecule has 0 aromatic carbocycles. The fourth-order valence-corrected chi connectivity index (χ4v) is 6.63. The van der Waals surface area contributed by atoms with Crippen LogP contribution in [0.3, 0.4) is 0 Å². The lowest BCUT2D eigenvalue weighted by Gasteiger charge is -2.54. The average Bonchev–Trinajstić information content (AvgIpc) is 2.46. The van der Waals surface area contributed by atoms with Gasteiger partial charge in [0.1, 0.15) is 6.04 Å². The zero-order chi connectivity index (χ0) is 14.6. The number of carbonyl (C=O) groups excluding carboxylic acids is 1. The molecule has 4 saturated carbocycles. The highest BCUT2D eigenvalue weighted by molar-refractivity contribution is 7.99. The predicted octanol–water partition coefficient (Wildman–Crippen LogP) is 2.09. The van der Waals surface area contributed by atoms with Crippen molar-refractivity contribution in [3.63, 3.8) is 0 Å². The molecule has 5 fully saturated rings. The minimum Gasteiger partial charge on any atom is -0.480 e. The van der Waals surface area contributed by atoms with Crippen LogP contribution in [0.4, 0.5) is 0 Å². The topological polar surface area (TPSA) is 57.6 Å². The van der Waals surface area contributed by atoms with Gasteiger partial charge in [0.15, 0.2) is 0 Å². The zero-order valence-corrected chi connectivity index (χ0v) is 13.1. The maximum atomic E-state index is 13.1. The predicted molar refractivity (Wildman–Crippen MR) is 81.0 cm³/mol. The second-order valence-electron chi connectivity index (χ2n) is 7.42. The third-order valence-corrected chi connectivity index (χ3v) is 7.23. The molecule has 1 unspecified atom stereocenters. The van der Waals surface area contributed by atoms with Crippen LogP contribution in [0, 0.1) is 29.6 Å². The van der Waals surface area contributed by atoms with E-state index in [1.165, 1.54) is 32.1 Å². The van der Waals surface area contributed by atoms with E-state index in [9.17, 15) is 14.7 Å². The molecule has 0 aromatic rings. The fourth-order valence-electron chi connectivity index (χ4n) is 5.59. The lowest BCUT2D eigenvalue weighted by molar-refractivity contribution is -0.158. The number of carbonyl (C=O) groups is 2. The Morgan fingerprint density at radius 3 is 2.19 bits per heavy atom. The van der Waals surface area contributed by atoms with Crippen molar-refractivity contribution in [2.75, 3.05) is 18.1 Å². The van der Waals surface area contributed by atoms with Gasteiger partial charge in [0.25, 0.3) is 0 Å². The summed E-state index contributed by atoms with van der Waals surface area (Å²) in [6.45, 7) is 0.614. The Kier molecular flexibility index (Phi) is 3.43. The molecule has 1 aliphatic heterocycles. The highest BCUT2D eigenvalue weighted by Crippen LogP contribution is 2.57. The van der Waals surface area contributed by atoms with Crippen molar-refractivity contribution in [3.8, 4) is 0 Å². The molecule has 5 aliphatic rings. The molecule has 1 N–H and O–H groups in total. The minimum atomic E-state index is -0.834. The molecule has 1 atom stereocenters. The summed E-state index contributed by atoms with van der Waals surface area (Å²) in [6, 6.07) is -0.603. The van der Waals surface area contributed by atoms with Crippen molar-refractivity contribution in [1.82, 2.24) is 4.90 Å². The normalized spacial score (nSPS) is 44.9. The van der Waals surface area contributed by atoms with E-state index >= 15 is 0 Å². The van der Waals surface area contributed by atoms with Crippen LogP contribution < -0.4 is 0 Å². The largest absolute Gasteiger partial charge is 0.480 e. The van der Waals surface area contributed by atoms with E-state index in [-0.39, 0.29) is 11.8 Å². The van der Waals surface area contributed by atoms with Crippen molar-refractivity contribution in [2.24, 2.45) is 29.6 Å². The van der Waals surface area contributed by atoms with Crippen LogP contribution in [-0.4, -0.2) is 46.0 Å². The first-order chi connectivity index (χ1) is 10.1. The highest BCUT2D eigenvalue weighted by Gasteiger charge is 2.52. The molecule has 5 heteroatoms. The Balaban J connectivity index is 1.55. The van der Waals surface area contributed by atoms with Crippen LogP contribution in [0.1, 0.15) is 32.1 Å². The van der Waals surface area contributed by atoms with E-state index in [0.29, 0.717) is 24.1 Å². The Morgan fingerprint density at radius 1 is 1.00 bits per heavy atom. The third-order valence-electron chi connectivity index (χ3n) is 6.21. The van der Waals surface area contributed by atoms with E-state index in [1.54, 1.807) is 16.7 Å². The first-order valence-corrected chi connectivity index (χ1v) is 9.40. The summed E-state index contributed by atoms with van der Waals surface area (Å²) in [5.41, 5.74) is 0. The van der Waals surface area contributed by atoms with E-state index in [1.807, 2.05) is 0 Å². The number of nitrogens with zero attached hydrogens (tertiary/aromatic N) is 1. The quantitative estimate of drug-likeness (QED) is 0.848. The lowest BCUT2D eigenvalue weighted by Crippen LogP contribution is -2.57. The number of rotatable bonds is 2. The molecule has 0 radical (unpaired) electrons. The molecule has 0 spiro atoms. The standard InChI is InChI=1S/C16H23NO3S/c18-15(17-1-2-21-8-13(17)16(19)20)14-11-4-9-3-10(6-11)7-12(14)5-9/h9-14H,1-8H2,(H,19,20). The summed E-state index contributed by atoms with van der Waals surface area (Å²) in [5.74, 6) is 3.67. The van der Waals surface area contributed by atoms with E-state index < -0.39 is 12.0 Å². The maximum Gasteiger partial charge on any atom is 0.327 e. The molecular formula is C16H23NO3S. The summed E-state index contributed by atoms with van der Waals surface area (Å²) in [4.78, 5) is 26.2. The Bertz CT molecular complexity index is 438. The molecule has 21 heavy (non-hydrogen) atoms. The summed E-state index contributed by atoms with van der Waals surface area (Å²) >= 11 is 1.65. The number of thioether (sulfide) groups is 1. The second kappa shape index (κ2) is 5.18. The number of carboxylic acid groups (broad SMARTS) is 1. The number of hydrogen-bond acceptors (Lipinski definition) is 3. The van der Waals surface area contributed by atoms with Gasteiger partial charge in [-0.25, -0.2) is 4.79 Å². The van der Waals surface area contributed by atoms with Crippen molar-refractivity contribution >= 4 is 23.6 Å². The molecule has 116 valence electrons. The molecule has 4 aliphatic carbocycles. The lowest BCUT2D eigenvalue weighted by atomic mass is 9.51. The van der Waals surface area contributed by atoms with Gasteiger partial charge in [-0.15, -0.1) is 0 Å². The number of aliphatic carboxylic acids is 1. The minimum absolute atomic E-state index is 0.128. The number of amides is 1. The Morgan fingerprint density at radius 2 is 1.62 bits per heavy atom. The summed E-state index contributed by atoms with van der Waals surface area (Å²) in [6.07, 6.45) is 6.23.